The summed E-state index contributed by atoms with van der Waals surface area (Å²) in [5.41, 5.74) is 7.11. The first-order chi connectivity index (χ1) is 15.7. The van der Waals surface area contributed by atoms with Gasteiger partial charge >= 0.3 is 0 Å². The molecule has 2 saturated heterocycles. The Morgan fingerprint density at radius 2 is 1.91 bits per heavy atom. The van der Waals surface area contributed by atoms with E-state index in [0.29, 0.717) is 27.5 Å². The Balaban J connectivity index is 1.67. The molecule has 9 heteroatoms. The third-order valence-electron chi connectivity index (χ3n) is 7.05. The van der Waals surface area contributed by atoms with Crippen molar-refractivity contribution in [1.29, 1.82) is 0 Å². The van der Waals surface area contributed by atoms with E-state index < -0.39 is 41.1 Å². The maximum atomic E-state index is 13.8. The number of imide groups is 1. The maximum absolute atomic E-state index is 13.8. The van der Waals surface area contributed by atoms with Gasteiger partial charge in [0.1, 0.15) is 5.54 Å². The van der Waals surface area contributed by atoms with Crippen LogP contribution in [0.15, 0.2) is 36.4 Å². The van der Waals surface area contributed by atoms with Crippen LogP contribution in [0.2, 0.25) is 5.02 Å². The lowest BCUT2D eigenvalue weighted by Crippen LogP contribution is -2.53. The SMILES string of the molecule is Cc1cccc(N2C(=O)C3C(CCC(N)=O)NC4(C(=O)Nc5c4ccc(Cl)c5C)C3C2=O)c1. The number of hydrogen-bond acceptors (Lipinski definition) is 5. The highest BCUT2D eigenvalue weighted by Gasteiger charge is 2.70. The Hall–Kier alpha value is -3.23. The van der Waals surface area contributed by atoms with Gasteiger partial charge in [0.25, 0.3) is 0 Å². The number of carbonyl (C=O) groups excluding carboxylic acids is 4. The highest BCUT2D eigenvalue weighted by Crippen LogP contribution is 2.55. The fourth-order valence-electron chi connectivity index (χ4n) is 5.56. The lowest BCUT2D eigenvalue weighted by atomic mass is 9.76. The third kappa shape index (κ3) is 2.94. The van der Waals surface area contributed by atoms with Crippen LogP contribution in [0.1, 0.15) is 29.5 Å². The van der Waals surface area contributed by atoms with E-state index in [1.165, 1.54) is 4.90 Å². The van der Waals surface area contributed by atoms with Gasteiger partial charge in [-0.05, 0) is 49.6 Å². The predicted molar refractivity (Wildman–Crippen MR) is 123 cm³/mol. The normalized spacial score (nSPS) is 27.8. The zero-order valence-corrected chi connectivity index (χ0v) is 18.9. The summed E-state index contributed by atoms with van der Waals surface area (Å²) in [6.07, 6.45) is 0.255. The number of nitrogens with two attached hydrogens (primary N) is 1. The molecule has 1 spiro atoms. The van der Waals surface area contributed by atoms with Crippen molar-refractivity contribution in [2.24, 2.45) is 17.6 Å². The zero-order chi connectivity index (χ0) is 23.7. The second-order valence-corrected chi connectivity index (χ2v) is 9.37. The number of benzene rings is 2. The summed E-state index contributed by atoms with van der Waals surface area (Å²) in [7, 11) is 0. The van der Waals surface area contributed by atoms with Crippen molar-refractivity contribution in [3.05, 3.63) is 58.1 Å². The average molecular weight is 467 g/mol. The van der Waals surface area contributed by atoms with E-state index >= 15 is 0 Å². The fraction of sp³-hybridized carbons (Fsp3) is 0.333. The molecule has 0 saturated carbocycles. The molecule has 2 aromatic carbocycles. The number of aryl methyl sites for hydroxylation is 1. The minimum absolute atomic E-state index is 0.0248. The second kappa shape index (κ2) is 7.40. The molecule has 2 fully saturated rings. The van der Waals surface area contributed by atoms with Gasteiger partial charge in [0, 0.05) is 23.0 Å². The Labute approximate surface area is 195 Å². The van der Waals surface area contributed by atoms with Crippen molar-refractivity contribution in [3.63, 3.8) is 0 Å². The third-order valence-corrected chi connectivity index (χ3v) is 7.46. The summed E-state index contributed by atoms with van der Waals surface area (Å²) in [6.45, 7) is 3.67. The topological polar surface area (TPSA) is 122 Å². The predicted octanol–water partition coefficient (Wildman–Crippen LogP) is 2.15. The molecule has 0 radical (unpaired) electrons. The summed E-state index contributed by atoms with van der Waals surface area (Å²) in [5.74, 6) is -3.54. The molecule has 3 heterocycles. The molecular weight excluding hydrogens is 444 g/mol. The molecule has 5 rings (SSSR count). The minimum Gasteiger partial charge on any atom is -0.370 e. The van der Waals surface area contributed by atoms with Crippen molar-refractivity contribution in [2.75, 3.05) is 10.2 Å². The number of nitrogens with one attached hydrogen (secondary N) is 2. The average Bonchev–Trinajstić information content (AvgIpc) is 3.34. The minimum atomic E-state index is -1.44. The van der Waals surface area contributed by atoms with E-state index in [1.807, 2.05) is 13.0 Å². The molecule has 4 N–H and O–H groups in total. The molecule has 33 heavy (non-hydrogen) atoms. The molecule has 0 aliphatic carbocycles. The summed E-state index contributed by atoms with van der Waals surface area (Å²) < 4.78 is 0. The van der Waals surface area contributed by atoms with Crippen LogP contribution in [0.4, 0.5) is 11.4 Å². The number of hydrogen-bond donors (Lipinski definition) is 3. The van der Waals surface area contributed by atoms with Crippen molar-refractivity contribution in [2.45, 2.75) is 38.3 Å². The van der Waals surface area contributed by atoms with E-state index in [0.717, 1.165) is 5.56 Å². The summed E-state index contributed by atoms with van der Waals surface area (Å²) in [6, 6.07) is 9.95. The van der Waals surface area contributed by atoms with E-state index in [9.17, 15) is 19.2 Å². The molecule has 170 valence electrons. The molecule has 8 nitrogen and oxygen atoms in total. The molecule has 4 atom stereocenters. The van der Waals surface area contributed by atoms with Crippen molar-refractivity contribution in [1.82, 2.24) is 5.32 Å². The van der Waals surface area contributed by atoms with Crippen LogP contribution in [0, 0.1) is 25.7 Å². The lowest BCUT2D eigenvalue weighted by molar-refractivity contribution is -0.130. The molecule has 0 aromatic heterocycles. The van der Waals surface area contributed by atoms with Crippen LogP contribution < -0.4 is 21.3 Å². The first-order valence-corrected chi connectivity index (χ1v) is 11.2. The lowest BCUT2D eigenvalue weighted by Gasteiger charge is -2.29. The number of carbonyl (C=O) groups is 4. The Morgan fingerprint density at radius 1 is 1.15 bits per heavy atom. The van der Waals surface area contributed by atoms with Gasteiger partial charge in [-0.1, -0.05) is 29.8 Å². The van der Waals surface area contributed by atoms with Gasteiger partial charge in [-0.15, -0.1) is 0 Å². The first-order valence-electron chi connectivity index (χ1n) is 10.8. The van der Waals surface area contributed by atoms with Gasteiger partial charge < -0.3 is 11.1 Å². The van der Waals surface area contributed by atoms with Gasteiger partial charge in [0.05, 0.1) is 23.2 Å². The molecule has 2 aromatic rings. The second-order valence-electron chi connectivity index (χ2n) is 8.97. The van der Waals surface area contributed by atoms with Gasteiger partial charge in [-0.3, -0.25) is 24.5 Å². The highest BCUT2D eigenvalue weighted by molar-refractivity contribution is 6.32. The number of primary amides is 1. The van der Waals surface area contributed by atoms with Crippen molar-refractivity contribution >= 4 is 46.6 Å². The van der Waals surface area contributed by atoms with E-state index in [2.05, 4.69) is 10.6 Å². The van der Waals surface area contributed by atoms with Crippen LogP contribution in [-0.4, -0.2) is 29.7 Å². The summed E-state index contributed by atoms with van der Waals surface area (Å²) >= 11 is 6.28. The molecular formula is C24H23ClN4O4. The van der Waals surface area contributed by atoms with Crippen LogP contribution in [-0.2, 0) is 24.7 Å². The molecule has 4 unspecified atom stereocenters. The summed E-state index contributed by atoms with van der Waals surface area (Å²) in [4.78, 5) is 53.7. The Bertz CT molecular complexity index is 1240. The molecule has 4 amide bonds. The molecule has 3 aliphatic rings. The standard InChI is InChI=1S/C24H23ClN4O4/c1-11-4-3-5-13(10-11)29-21(31)18-16(8-9-17(26)30)28-24(19(18)22(29)32)14-6-7-15(25)12(2)20(14)27-23(24)33/h3-7,10,16,18-19,28H,8-9H2,1-2H3,(H2,26,30)(H,27,33). The number of fused-ring (bicyclic) bond motifs is 4. The Kier molecular flexibility index (Phi) is 4.84. The Morgan fingerprint density at radius 3 is 2.61 bits per heavy atom. The number of nitrogens with zero attached hydrogens (tertiary/aromatic N) is 1. The van der Waals surface area contributed by atoms with Gasteiger partial charge in [-0.25, -0.2) is 4.90 Å². The number of rotatable bonds is 4. The number of halogens is 1. The summed E-state index contributed by atoms with van der Waals surface area (Å²) in [5, 5.41) is 6.65. The first kappa shape index (κ1) is 21.6. The van der Waals surface area contributed by atoms with E-state index in [4.69, 9.17) is 17.3 Å². The fourth-order valence-corrected chi connectivity index (χ4v) is 5.71. The largest absolute Gasteiger partial charge is 0.370 e. The molecule has 0 bridgehead atoms. The van der Waals surface area contributed by atoms with Crippen molar-refractivity contribution < 1.29 is 19.2 Å². The van der Waals surface area contributed by atoms with E-state index in [-0.39, 0.29) is 18.7 Å². The van der Waals surface area contributed by atoms with E-state index in [1.54, 1.807) is 37.3 Å². The van der Waals surface area contributed by atoms with Gasteiger partial charge in [-0.2, -0.15) is 0 Å². The zero-order valence-electron chi connectivity index (χ0n) is 18.1. The highest BCUT2D eigenvalue weighted by atomic mass is 35.5. The molecule has 3 aliphatic heterocycles. The number of anilines is 2. The quantitative estimate of drug-likeness (QED) is 0.596. The maximum Gasteiger partial charge on any atom is 0.250 e. The van der Waals surface area contributed by atoms with Crippen LogP contribution in [0.25, 0.3) is 0 Å². The van der Waals surface area contributed by atoms with Crippen LogP contribution in [0.3, 0.4) is 0 Å². The smallest absolute Gasteiger partial charge is 0.250 e. The van der Waals surface area contributed by atoms with Crippen LogP contribution >= 0.6 is 11.6 Å². The monoisotopic (exact) mass is 466 g/mol. The van der Waals surface area contributed by atoms with Gasteiger partial charge in [0.2, 0.25) is 23.6 Å². The van der Waals surface area contributed by atoms with Crippen LogP contribution in [0.5, 0.6) is 0 Å². The number of amides is 4. The van der Waals surface area contributed by atoms with Gasteiger partial charge in [0.15, 0.2) is 0 Å². The van der Waals surface area contributed by atoms with Crippen molar-refractivity contribution in [3.8, 4) is 0 Å².